The number of hydrogen-bond acceptors (Lipinski definition) is 5. The van der Waals surface area contributed by atoms with Crippen molar-refractivity contribution in [1.29, 1.82) is 0 Å². The van der Waals surface area contributed by atoms with Gasteiger partial charge in [-0.2, -0.15) is 5.10 Å². The standard InChI is InChI=1S/C21H24N8O/c1-11-8-16(26-28(11)3)24-20-17-18(27(2)10-22-17)14-9-15(23-19(14)25-20)21(30)29(12-4-5-12)13-6-7-13/h8-10,12-13H,4-7H2,1-3H3,(H2,23,24,25,26). The van der Waals surface area contributed by atoms with Crippen LogP contribution < -0.4 is 5.32 Å². The fourth-order valence-corrected chi connectivity index (χ4v) is 4.22. The van der Waals surface area contributed by atoms with Gasteiger partial charge >= 0.3 is 0 Å². The number of hydrogen-bond donors (Lipinski definition) is 2. The van der Waals surface area contributed by atoms with Crippen molar-refractivity contribution in [2.75, 3.05) is 5.32 Å². The second-order valence-electron chi connectivity index (χ2n) is 8.55. The number of fused-ring (bicyclic) bond motifs is 3. The number of anilines is 2. The molecule has 4 aromatic rings. The predicted molar refractivity (Wildman–Crippen MR) is 114 cm³/mol. The van der Waals surface area contributed by atoms with Gasteiger partial charge in [0.1, 0.15) is 16.9 Å². The molecule has 9 heteroatoms. The number of aromatic nitrogens is 6. The second-order valence-corrected chi connectivity index (χ2v) is 8.55. The molecule has 6 rings (SSSR count). The molecule has 0 bridgehead atoms. The maximum Gasteiger partial charge on any atom is 0.270 e. The van der Waals surface area contributed by atoms with E-state index < -0.39 is 0 Å². The molecule has 30 heavy (non-hydrogen) atoms. The van der Waals surface area contributed by atoms with E-state index in [1.165, 1.54) is 0 Å². The minimum absolute atomic E-state index is 0.0863. The highest BCUT2D eigenvalue weighted by Crippen LogP contribution is 2.39. The molecule has 154 valence electrons. The van der Waals surface area contributed by atoms with Crippen molar-refractivity contribution in [3.05, 3.63) is 29.8 Å². The molecule has 0 saturated heterocycles. The molecule has 2 fully saturated rings. The lowest BCUT2D eigenvalue weighted by Crippen LogP contribution is -2.35. The molecule has 0 radical (unpaired) electrons. The zero-order valence-electron chi connectivity index (χ0n) is 17.3. The molecule has 2 aliphatic carbocycles. The van der Waals surface area contributed by atoms with E-state index in [0.717, 1.165) is 47.8 Å². The molecule has 0 atom stereocenters. The van der Waals surface area contributed by atoms with Gasteiger partial charge in [-0.3, -0.25) is 9.48 Å². The van der Waals surface area contributed by atoms with E-state index in [4.69, 9.17) is 4.98 Å². The van der Waals surface area contributed by atoms with Crippen molar-refractivity contribution in [1.82, 2.24) is 34.2 Å². The summed E-state index contributed by atoms with van der Waals surface area (Å²) in [7, 11) is 3.86. The van der Waals surface area contributed by atoms with Gasteiger partial charge in [0.2, 0.25) is 0 Å². The molecule has 2 aliphatic rings. The SMILES string of the molecule is Cc1cc(Nc2nc3[nH]c(C(=O)N(C4CC4)C4CC4)cc3c3c2ncn3C)nn1C. The number of rotatable bonds is 5. The summed E-state index contributed by atoms with van der Waals surface area (Å²) in [4.78, 5) is 28.0. The van der Waals surface area contributed by atoms with Crippen molar-refractivity contribution in [3.63, 3.8) is 0 Å². The van der Waals surface area contributed by atoms with Crippen LogP contribution in [0.25, 0.3) is 22.1 Å². The maximum absolute atomic E-state index is 13.3. The van der Waals surface area contributed by atoms with E-state index in [2.05, 4.69) is 25.3 Å². The van der Waals surface area contributed by atoms with Crippen LogP contribution in [0.5, 0.6) is 0 Å². The third-order valence-corrected chi connectivity index (χ3v) is 6.14. The molecule has 0 aliphatic heterocycles. The average molecular weight is 404 g/mol. The van der Waals surface area contributed by atoms with Gasteiger partial charge in [0.05, 0.1) is 11.8 Å². The Labute approximate surface area is 173 Å². The zero-order valence-corrected chi connectivity index (χ0v) is 17.3. The van der Waals surface area contributed by atoms with Gasteiger partial charge in [-0.05, 0) is 38.7 Å². The first kappa shape index (κ1) is 17.5. The molecule has 9 nitrogen and oxygen atoms in total. The van der Waals surface area contributed by atoms with Gasteiger partial charge in [0, 0.05) is 43.3 Å². The van der Waals surface area contributed by atoms with E-state index in [1.54, 1.807) is 6.33 Å². The highest BCUT2D eigenvalue weighted by atomic mass is 16.2. The van der Waals surface area contributed by atoms with Crippen molar-refractivity contribution in [2.45, 2.75) is 44.7 Å². The highest BCUT2D eigenvalue weighted by molar-refractivity contribution is 6.09. The molecule has 1 amide bonds. The van der Waals surface area contributed by atoms with Crippen LogP contribution in [0, 0.1) is 6.92 Å². The molecule has 0 aromatic carbocycles. The first-order valence-corrected chi connectivity index (χ1v) is 10.4. The Morgan fingerprint density at radius 2 is 1.93 bits per heavy atom. The number of amides is 1. The Hall–Kier alpha value is -3.36. The fraction of sp³-hybridized carbons (Fsp3) is 0.429. The summed E-state index contributed by atoms with van der Waals surface area (Å²) in [5, 5.41) is 8.67. The number of aromatic amines is 1. The third kappa shape index (κ3) is 2.68. The molecular weight excluding hydrogens is 380 g/mol. The Balaban J connectivity index is 1.45. The summed E-state index contributed by atoms with van der Waals surface area (Å²) >= 11 is 0. The number of nitrogens with one attached hydrogen (secondary N) is 2. The van der Waals surface area contributed by atoms with Crippen LogP contribution in [-0.2, 0) is 14.1 Å². The van der Waals surface area contributed by atoms with Crippen LogP contribution in [0.1, 0.15) is 41.9 Å². The summed E-state index contributed by atoms with van der Waals surface area (Å²) in [5.41, 5.74) is 4.02. The quantitative estimate of drug-likeness (QED) is 0.533. The monoisotopic (exact) mass is 404 g/mol. The number of pyridine rings is 1. The average Bonchev–Trinajstić information content (AvgIpc) is 3.62. The molecule has 0 spiro atoms. The van der Waals surface area contributed by atoms with Crippen LogP contribution in [0.3, 0.4) is 0 Å². The molecule has 2 N–H and O–H groups in total. The second kappa shape index (κ2) is 6.07. The molecule has 0 unspecified atom stereocenters. The Morgan fingerprint density at radius 3 is 2.57 bits per heavy atom. The van der Waals surface area contributed by atoms with Crippen molar-refractivity contribution < 1.29 is 4.79 Å². The minimum Gasteiger partial charge on any atom is -0.335 e. The van der Waals surface area contributed by atoms with Gasteiger partial charge in [-0.1, -0.05) is 0 Å². The summed E-state index contributed by atoms with van der Waals surface area (Å²) in [6.07, 6.45) is 6.23. The van der Waals surface area contributed by atoms with E-state index in [-0.39, 0.29) is 5.91 Å². The maximum atomic E-state index is 13.3. The van der Waals surface area contributed by atoms with Gasteiger partial charge in [0.25, 0.3) is 5.91 Å². The number of aryl methyl sites for hydroxylation is 3. The van der Waals surface area contributed by atoms with Crippen molar-refractivity contribution >= 4 is 39.6 Å². The topological polar surface area (TPSA) is 96.7 Å². The Kier molecular flexibility index (Phi) is 3.54. The number of nitrogens with zero attached hydrogens (tertiary/aromatic N) is 6. The summed E-state index contributed by atoms with van der Waals surface area (Å²) in [6.45, 7) is 2.00. The Morgan fingerprint density at radius 1 is 1.20 bits per heavy atom. The predicted octanol–water partition coefficient (Wildman–Crippen LogP) is 3.00. The first-order chi connectivity index (χ1) is 14.5. The number of imidazole rings is 1. The van der Waals surface area contributed by atoms with Crippen molar-refractivity contribution in [2.24, 2.45) is 14.1 Å². The third-order valence-electron chi connectivity index (χ3n) is 6.14. The highest BCUT2D eigenvalue weighted by Gasteiger charge is 2.42. The number of H-pyrrole nitrogens is 1. The molecule has 2 saturated carbocycles. The Bertz CT molecular complexity index is 1270. The smallest absolute Gasteiger partial charge is 0.270 e. The molecule has 4 heterocycles. The van der Waals surface area contributed by atoms with E-state index in [9.17, 15) is 4.79 Å². The molecule has 4 aromatic heterocycles. The zero-order chi connectivity index (χ0) is 20.6. The van der Waals surface area contributed by atoms with Crippen LogP contribution in [0.15, 0.2) is 18.5 Å². The first-order valence-electron chi connectivity index (χ1n) is 10.4. The lowest BCUT2D eigenvalue weighted by Gasteiger charge is -2.21. The van der Waals surface area contributed by atoms with Crippen LogP contribution in [-0.4, -0.2) is 52.2 Å². The van der Waals surface area contributed by atoms with Gasteiger partial charge in [-0.25, -0.2) is 9.97 Å². The largest absolute Gasteiger partial charge is 0.335 e. The van der Waals surface area contributed by atoms with E-state index in [1.807, 2.05) is 42.4 Å². The lowest BCUT2D eigenvalue weighted by atomic mass is 10.2. The van der Waals surface area contributed by atoms with Gasteiger partial charge in [0.15, 0.2) is 11.6 Å². The molecular formula is C21H24N8O. The number of carbonyl (C=O) groups is 1. The van der Waals surface area contributed by atoms with Crippen LogP contribution in [0.2, 0.25) is 0 Å². The van der Waals surface area contributed by atoms with E-state index in [0.29, 0.717) is 35.1 Å². The van der Waals surface area contributed by atoms with Crippen molar-refractivity contribution in [3.8, 4) is 0 Å². The summed E-state index contributed by atoms with van der Waals surface area (Å²) < 4.78 is 3.78. The number of carbonyl (C=O) groups excluding carboxylic acids is 1. The summed E-state index contributed by atoms with van der Waals surface area (Å²) in [6, 6.07) is 4.71. The van der Waals surface area contributed by atoms with Crippen LogP contribution >= 0.6 is 0 Å². The van der Waals surface area contributed by atoms with Crippen LogP contribution in [0.4, 0.5) is 11.6 Å². The lowest BCUT2D eigenvalue weighted by molar-refractivity contribution is 0.0725. The normalized spacial score (nSPS) is 16.5. The van der Waals surface area contributed by atoms with Gasteiger partial charge in [-0.15, -0.1) is 0 Å². The van der Waals surface area contributed by atoms with Gasteiger partial charge < -0.3 is 19.8 Å². The van der Waals surface area contributed by atoms with E-state index >= 15 is 0 Å². The minimum atomic E-state index is 0.0863. The summed E-state index contributed by atoms with van der Waals surface area (Å²) in [5.74, 6) is 1.42. The fourth-order valence-electron chi connectivity index (χ4n) is 4.22.